The molecule has 6 rings (SSSR count). The van der Waals surface area contributed by atoms with Gasteiger partial charge in [-0.1, -0.05) is 23.4 Å². The van der Waals surface area contributed by atoms with E-state index in [4.69, 9.17) is 26.1 Å². The van der Waals surface area contributed by atoms with E-state index >= 15 is 0 Å². The van der Waals surface area contributed by atoms with Crippen LogP contribution in [0.4, 0.5) is 11.5 Å². The number of rotatable bonds is 5. The lowest BCUT2D eigenvalue weighted by Crippen LogP contribution is -2.39. The van der Waals surface area contributed by atoms with E-state index in [-0.39, 0.29) is 17.3 Å². The monoisotopic (exact) mass is 555 g/mol. The molecule has 8 nitrogen and oxygen atoms in total. The summed E-state index contributed by atoms with van der Waals surface area (Å²) in [6, 6.07) is 7.07. The van der Waals surface area contributed by atoms with Crippen molar-refractivity contribution < 1.29 is 14.3 Å². The summed E-state index contributed by atoms with van der Waals surface area (Å²) in [5.41, 5.74) is 3.72. The van der Waals surface area contributed by atoms with Crippen LogP contribution < -0.4 is 10.2 Å². The molecule has 0 aliphatic carbocycles. The zero-order valence-electron chi connectivity index (χ0n) is 20.5. The minimum atomic E-state index is -0.276. The molecule has 37 heavy (non-hydrogen) atoms. The molecule has 1 amide bonds. The number of hydrogen-bond donors (Lipinski definition) is 1. The summed E-state index contributed by atoms with van der Waals surface area (Å²) in [7, 11) is 0. The largest absolute Gasteiger partial charge is 0.378 e. The molecule has 192 valence electrons. The minimum absolute atomic E-state index is 0.107. The molecule has 0 unspecified atom stereocenters. The van der Waals surface area contributed by atoms with Crippen molar-refractivity contribution in [1.82, 2.24) is 15.0 Å². The molecule has 5 heterocycles. The van der Waals surface area contributed by atoms with Gasteiger partial charge < -0.3 is 19.7 Å². The summed E-state index contributed by atoms with van der Waals surface area (Å²) in [5, 5.41) is 5.40. The number of nitrogens with one attached hydrogen (secondary N) is 1. The van der Waals surface area contributed by atoms with Crippen LogP contribution in [0.15, 0.2) is 35.6 Å². The lowest BCUT2D eigenvalue weighted by Gasteiger charge is -2.36. The number of amides is 1. The first-order valence-electron chi connectivity index (χ1n) is 12.1. The van der Waals surface area contributed by atoms with Crippen molar-refractivity contribution in [2.45, 2.75) is 37.5 Å². The van der Waals surface area contributed by atoms with Gasteiger partial charge in [-0.05, 0) is 43.7 Å². The van der Waals surface area contributed by atoms with Crippen molar-refractivity contribution in [3.8, 4) is 0 Å². The second kappa shape index (κ2) is 9.99. The normalized spacial score (nSPS) is 17.2. The van der Waals surface area contributed by atoms with Crippen LogP contribution in [0.1, 0.15) is 25.0 Å². The maximum Gasteiger partial charge on any atom is 0.234 e. The lowest BCUT2D eigenvalue weighted by atomic mass is 9.90. The number of thioether (sulfide) groups is 1. The number of carbonyl (C=O) groups is 1. The zero-order valence-corrected chi connectivity index (χ0v) is 22.9. The smallest absolute Gasteiger partial charge is 0.234 e. The van der Waals surface area contributed by atoms with Crippen LogP contribution in [0.25, 0.3) is 20.4 Å². The van der Waals surface area contributed by atoms with Crippen LogP contribution in [0.2, 0.25) is 5.02 Å². The van der Waals surface area contributed by atoms with E-state index in [2.05, 4.69) is 34.0 Å². The van der Waals surface area contributed by atoms with Crippen molar-refractivity contribution in [3.63, 3.8) is 0 Å². The first kappa shape index (κ1) is 24.8. The molecule has 3 aromatic heterocycles. The first-order valence-corrected chi connectivity index (χ1v) is 14.3. The number of carbonyl (C=O) groups excluding carboxylic acids is 1. The van der Waals surface area contributed by atoms with Gasteiger partial charge in [0, 0.05) is 41.2 Å². The second-order valence-corrected chi connectivity index (χ2v) is 12.1. The van der Waals surface area contributed by atoms with E-state index in [1.54, 1.807) is 41.9 Å². The van der Waals surface area contributed by atoms with Gasteiger partial charge in [0.15, 0.2) is 0 Å². The Morgan fingerprint density at radius 3 is 2.76 bits per heavy atom. The maximum absolute atomic E-state index is 12.6. The number of morpholine rings is 1. The number of nitrogens with zero attached hydrogens (tertiary/aromatic N) is 4. The number of halogens is 1. The number of benzene rings is 1. The van der Waals surface area contributed by atoms with E-state index < -0.39 is 0 Å². The van der Waals surface area contributed by atoms with Gasteiger partial charge in [-0.25, -0.2) is 15.0 Å². The van der Waals surface area contributed by atoms with Gasteiger partial charge >= 0.3 is 0 Å². The molecule has 1 saturated heterocycles. The Morgan fingerprint density at radius 1 is 1.19 bits per heavy atom. The quantitative estimate of drug-likeness (QED) is 0.262. The Bertz CT molecular complexity index is 1490. The molecular formula is C26H26ClN5O3S2. The highest BCUT2D eigenvalue weighted by Gasteiger charge is 2.33. The van der Waals surface area contributed by atoms with Crippen molar-refractivity contribution >= 4 is 72.5 Å². The minimum Gasteiger partial charge on any atom is -0.378 e. The summed E-state index contributed by atoms with van der Waals surface area (Å²) >= 11 is 8.94. The number of pyridine rings is 1. The molecule has 11 heteroatoms. The van der Waals surface area contributed by atoms with Crippen molar-refractivity contribution in [1.29, 1.82) is 0 Å². The predicted octanol–water partition coefficient (Wildman–Crippen LogP) is 5.31. The number of anilines is 2. The summed E-state index contributed by atoms with van der Waals surface area (Å²) in [6.07, 6.45) is 2.36. The highest BCUT2D eigenvalue weighted by molar-refractivity contribution is 8.00. The standard InChI is InChI=1S/C26H26ClN5O3S2/c1-26(2)11-17-18(12-35-26)23(32-7-9-34-10-8-32)31-24-20(17)21-22(37-24)25(29-14-28-21)36-13-19(33)30-16-5-3-15(27)4-6-16/h3-6,14H,7-13H2,1-2H3,(H,30,33). The van der Waals surface area contributed by atoms with Crippen molar-refractivity contribution in [2.24, 2.45) is 0 Å². The van der Waals surface area contributed by atoms with Gasteiger partial charge in [0.1, 0.15) is 22.0 Å². The average molecular weight is 556 g/mol. The second-order valence-electron chi connectivity index (χ2n) is 9.70. The third-order valence-corrected chi connectivity index (χ3v) is 9.00. The van der Waals surface area contributed by atoms with Gasteiger partial charge in [0.2, 0.25) is 5.91 Å². The molecule has 2 aliphatic heterocycles. The van der Waals surface area contributed by atoms with E-state index in [0.29, 0.717) is 30.5 Å². The molecule has 0 atom stereocenters. The fraction of sp³-hybridized carbons (Fsp3) is 0.385. The maximum atomic E-state index is 12.6. The Kier molecular flexibility index (Phi) is 6.70. The topological polar surface area (TPSA) is 89.5 Å². The van der Waals surface area contributed by atoms with Crippen LogP contribution in [0.3, 0.4) is 0 Å². The molecule has 4 aromatic rings. The summed E-state index contributed by atoms with van der Waals surface area (Å²) in [4.78, 5) is 30.2. The van der Waals surface area contributed by atoms with Gasteiger partial charge in [-0.15, -0.1) is 11.3 Å². The van der Waals surface area contributed by atoms with E-state index in [9.17, 15) is 4.79 Å². The highest BCUT2D eigenvalue weighted by Crippen LogP contribution is 2.44. The van der Waals surface area contributed by atoms with Crippen molar-refractivity contribution in [2.75, 3.05) is 42.3 Å². The average Bonchev–Trinajstić information content (AvgIpc) is 3.28. The fourth-order valence-electron chi connectivity index (χ4n) is 4.77. The molecule has 0 bridgehead atoms. The number of thiophene rings is 1. The summed E-state index contributed by atoms with van der Waals surface area (Å²) in [6.45, 7) is 7.77. The number of aromatic nitrogens is 3. The van der Waals surface area contributed by atoms with Crippen molar-refractivity contribution in [3.05, 3.63) is 46.7 Å². The molecule has 1 fully saturated rings. The summed E-state index contributed by atoms with van der Waals surface area (Å²) < 4.78 is 12.8. The van der Waals surface area contributed by atoms with Crippen LogP contribution in [0, 0.1) is 0 Å². The fourth-order valence-corrected chi connectivity index (χ4v) is 6.93. The summed E-state index contributed by atoms with van der Waals surface area (Å²) in [5.74, 6) is 1.11. The predicted molar refractivity (Wildman–Crippen MR) is 149 cm³/mol. The molecule has 1 N–H and O–H groups in total. The Hall–Kier alpha value is -2.50. The molecule has 1 aromatic carbocycles. The van der Waals surface area contributed by atoms with Crippen LogP contribution in [-0.4, -0.2) is 58.5 Å². The van der Waals surface area contributed by atoms with Gasteiger partial charge in [0.25, 0.3) is 0 Å². The third kappa shape index (κ3) is 5.00. The van der Waals surface area contributed by atoms with Crippen LogP contribution in [0.5, 0.6) is 0 Å². The lowest BCUT2D eigenvalue weighted by molar-refractivity contribution is -0.113. The zero-order chi connectivity index (χ0) is 25.6. The van der Waals surface area contributed by atoms with Gasteiger partial charge in [-0.2, -0.15) is 0 Å². The molecule has 2 aliphatic rings. The van der Waals surface area contributed by atoms with E-state index in [1.807, 2.05) is 0 Å². The SMILES string of the molecule is CC1(C)Cc2c(c(N3CCOCC3)nc3sc4c(SCC(=O)Nc5ccc(Cl)cc5)ncnc4c23)CO1. The Labute approximate surface area is 227 Å². The van der Waals surface area contributed by atoms with Crippen LogP contribution >= 0.6 is 34.7 Å². The van der Waals surface area contributed by atoms with Gasteiger partial charge in [-0.3, -0.25) is 4.79 Å². The number of ether oxygens (including phenoxy) is 2. The molecule has 0 radical (unpaired) electrons. The Morgan fingerprint density at radius 2 is 1.97 bits per heavy atom. The third-order valence-electron chi connectivity index (χ3n) is 6.55. The van der Waals surface area contributed by atoms with Gasteiger partial charge in [0.05, 0.1) is 41.4 Å². The molecular weight excluding hydrogens is 530 g/mol. The highest BCUT2D eigenvalue weighted by atomic mass is 35.5. The number of hydrogen-bond acceptors (Lipinski definition) is 9. The molecule has 0 saturated carbocycles. The number of fused-ring (bicyclic) bond motifs is 5. The molecule has 0 spiro atoms. The van der Waals surface area contributed by atoms with Crippen LogP contribution in [-0.2, 0) is 27.3 Å². The Balaban J connectivity index is 1.36. The van der Waals surface area contributed by atoms with E-state index in [0.717, 1.165) is 56.4 Å². The first-order chi connectivity index (χ1) is 17.9. The van der Waals surface area contributed by atoms with E-state index in [1.165, 1.54) is 17.3 Å².